The third-order valence-corrected chi connectivity index (χ3v) is 2.64. The zero-order valence-corrected chi connectivity index (χ0v) is 10.1. The predicted octanol–water partition coefficient (Wildman–Crippen LogP) is 3.23. The second kappa shape index (κ2) is 5.06. The van der Waals surface area contributed by atoms with Crippen LogP contribution in [0.25, 0.3) is 0 Å². The third kappa shape index (κ3) is 2.88. The van der Waals surface area contributed by atoms with Crippen molar-refractivity contribution in [2.24, 2.45) is 0 Å². The van der Waals surface area contributed by atoms with Crippen LogP contribution in [0, 0.1) is 18.6 Å². The van der Waals surface area contributed by atoms with Gasteiger partial charge in [0.1, 0.15) is 17.4 Å². The Morgan fingerprint density at radius 3 is 2.42 bits per heavy atom. The minimum absolute atomic E-state index is 0.177. The summed E-state index contributed by atoms with van der Waals surface area (Å²) in [4.78, 5) is 11.9. The number of nitrogens with one attached hydrogen (secondary N) is 1. The topological polar surface area (TPSA) is 49.3 Å². The van der Waals surface area contributed by atoms with Gasteiger partial charge in [-0.3, -0.25) is 4.79 Å². The van der Waals surface area contributed by atoms with Crippen molar-refractivity contribution in [1.82, 2.24) is 0 Å². The van der Waals surface area contributed by atoms with Gasteiger partial charge < -0.3 is 10.4 Å². The molecule has 0 atom stereocenters. The molecule has 2 aromatic carbocycles. The molecule has 2 aromatic rings. The number of aryl methyl sites for hydroxylation is 1. The molecule has 0 saturated carbocycles. The number of benzene rings is 2. The van der Waals surface area contributed by atoms with Crippen LogP contribution in [0.3, 0.4) is 0 Å². The maximum atomic E-state index is 13.0. The largest absolute Gasteiger partial charge is 0.507 e. The van der Waals surface area contributed by atoms with Crippen LogP contribution in [0.15, 0.2) is 36.4 Å². The summed E-state index contributed by atoms with van der Waals surface area (Å²) in [5.74, 6) is -2.02. The number of halogens is 2. The second-order valence-electron chi connectivity index (χ2n) is 4.07. The SMILES string of the molecule is Cc1cc(F)ccc1NC(=O)c1cc(F)ccc1O. The zero-order chi connectivity index (χ0) is 14.0. The van der Waals surface area contributed by atoms with Crippen molar-refractivity contribution < 1.29 is 18.7 Å². The Morgan fingerprint density at radius 2 is 1.74 bits per heavy atom. The first-order chi connectivity index (χ1) is 8.97. The summed E-state index contributed by atoms with van der Waals surface area (Å²) < 4.78 is 26.0. The van der Waals surface area contributed by atoms with Crippen LogP contribution in [-0.4, -0.2) is 11.0 Å². The first-order valence-electron chi connectivity index (χ1n) is 5.53. The lowest BCUT2D eigenvalue weighted by atomic mass is 10.1. The van der Waals surface area contributed by atoms with E-state index in [1.165, 1.54) is 18.2 Å². The number of carbonyl (C=O) groups excluding carboxylic acids is 1. The number of hydrogen-bond donors (Lipinski definition) is 2. The molecule has 98 valence electrons. The minimum atomic E-state index is -0.660. The van der Waals surface area contributed by atoms with Gasteiger partial charge in [-0.05, 0) is 48.9 Å². The fourth-order valence-electron chi connectivity index (χ4n) is 1.65. The van der Waals surface area contributed by atoms with E-state index in [1.54, 1.807) is 6.92 Å². The van der Waals surface area contributed by atoms with Gasteiger partial charge in [0, 0.05) is 5.69 Å². The van der Waals surface area contributed by atoms with Gasteiger partial charge in [-0.15, -0.1) is 0 Å². The van der Waals surface area contributed by atoms with Gasteiger partial charge in [0.15, 0.2) is 0 Å². The van der Waals surface area contributed by atoms with E-state index in [4.69, 9.17) is 0 Å². The zero-order valence-electron chi connectivity index (χ0n) is 10.1. The molecule has 0 fully saturated rings. The van der Waals surface area contributed by atoms with E-state index < -0.39 is 17.5 Å². The molecule has 0 unspecified atom stereocenters. The first-order valence-corrected chi connectivity index (χ1v) is 5.53. The minimum Gasteiger partial charge on any atom is -0.507 e. The van der Waals surface area contributed by atoms with E-state index in [1.807, 2.05) is 0 Å². The molecule has 0 saturated heterocycles. The quantitative estimate of drug-likeness (QED) is 0.873. The number of carbonyl (C=O) groups is 1. The van der Waals surface area contributed by atoms with Crippen molar-refractivity contribution in [3.8, 4) is 5.75 Å². The Hall–Kier alpha value is -2.43. The van der Waals surface area contributed by atoms with Crippen molar-refractivity contribution in [1.29, 1.82) is 0 Å². The third-order valence-electron chi connectivity index (χ3n) is 2.64. The Balaban J connectivity index is 2.28. The molecule has 0 spiro atoms. The molecule has 0 aliphatic carbocycles. The number of hydrogen-bond acceptors (Lipinski definition) is 2. The molecule has 0 bridgehead atoms. The fourth-order valence-corrected chi connectivity index (χ4v) is 1.65. The van der Waals surface area contributed by atoms with Gasteiger partial charge in [-0.1, -0.05) is 0 Å². The molecular formula is C14H11F2NO2. The van der Waals surface area contributed by atoms with Crippen molar-refractivity contribution in [3.05, 3.63) is 59.2 Å². The van der Waals surface area contributed by atoms with Crippen molar-refractivity contribution in [2.75, 3.05) is 5.32 Å². The summed E-state index contributed by atoms with van der Waals surface area (Å²) in [5.41, 5.74) is 0.753. The van der Waals surface area contributed by atoms with Crippen molar-refractivity contribution in [2.45, 2.75) is 6.92 Å². The van der Waals surface area contributed by atoms with Gasteiger partial charge in [0.05, 0.1) is 5.56 Å². The van der Waals surface area contributed by atoms with E-state index in [-0.39, 0.29) is 11.3 Å². The number of amides is 1. The fraction of sp³-hybridized carbons (Fsp3) is 0.0714. The highest BCUT2D eigenvalue weighted by atomic mass is 19.1. The molecule has 0 aliphatic heterocycles. The Morgan fingerprint density at radius 1 is 1.11 bits per heavy atom. The molecule has 2 rings (SSSR count). The number of phenols is 1. The second-order valence-corrected chi connectivity index (χ2v) is 4.07. The van der Waals surface area contributed by atoms with Crippen LogP contribution in [0.4, 0.5) is 14.5 Å². The highest BCUT2D eigenvalue weighted by Crippen LogP contribution is 2.21. The Kier molecular flexibility index (Phi) is 3.46. The van der Waals surface area contributed by atoms with Gasteiger partial charge >= 0.3 is 0 Å². The summed E-state index contributed by atoms with van der Waals surface area (Å²) in [6, 6.07) is 6.95. The van der Waals surface area contributed by atoms with Crippen LogP contribution < -0.4 is 5.32 Å². The molecule has 0 aliphatic rings. The average Bonchev–Trinajstić information content (AvgIpc) is 2.35. The normalized spacial score (nSPS) is 10.3. The van der Waals surface area contributed by atoms with E-state index in [9.17, 15) is 18.7 Å². The maximum absolute atomic E-state index is 13.0. The highest BCUT2D eigenvalue weighted by molar-refractivity contribution is 6.06. The molecule has 3 nitrogen and oxygen atoms in total. The molecule has 0 radical (unpaired) electrons. The molecule has 0 heterocycles. The highest BCUT2D eigenvalue weighted by Gasteiger charge is 2.13. The standard InChI is InChI=1S/C14H11F2NO2/c1-8-6-9(15)2-4-12(8)17-14(19)11-7-10(16)3-5-13(11)18/h2-7,18H,1H3,(H,17,19). The summed E-state index contributed by atoms with van der Waals surface area (Å²) in [7, 11) is 0. The maximum Gasteiger partial charge on any atom is 0.259 e. The number of aromatic hydroxyl groups is 1. The summed E-state index contributed by atoms with van der Waals surface area (Å²) in [6.07, 6.45) is 0. The lowest BCUT2D eigenvalue weighted by molar-refractivity contribution is 0.102. The Labute approximate surface area is 108 Å². The molecule has 5 heteroatoms. The van der Waals surface area contributed by atoms with Crippen LogP contribution in [-0.2, 0) is 0 Å². The van der Waals surface area contributed by atoms with Crippen LogP contribution >= 0.6 is 0 Å². The van der Waals surface area contributed by atoms with E-state index in [2.05, 4.69) is 5.32 Å². The van der Waals surface area contributed by atoms with Crippen LogP contribution in [0.2, 0.25) is 0 Å². The predicted molar refractivity (Wildman–Crippen MR) is 67.2 cm³/mol. The summed E-state index contributed by atoms with van der Waals surface area (Å²) in [5, 5.41) is 12.0. The first kappa shape index (κ1) is 13.0. The van der Waals surface area contributed by atoms with Gasteiger partial charge in [-0.25, -0.2) is 8.78 Å². The number of anilines is 1. The van der Waals surface area contributed by atoms with Crippen molar-refractivity contribution >= 4 is 11.6 Å². The summed E-state index contributed by atoms with van der Waals surface area (Å²) in [6.45, 7) is 1.63. The lowest BCUT2D eigenvalue weighted by Crippen LogP contribution is -2.13. The van der Waals surface area contributed by atoms with E-state index in [0.29, 0.717) is 11.3 Å². The number of phenolic OH excluding ortho intramolecular Hbond substituents is 1. The Bertz CT molecular complexity index is 641. The van der Waals surface area contributed by atoms with Gasteiger partial charge in [0.25, 0.3) is 5.91 Å². The molecule has 19 heavy (non-hydrogen) atoms. The number of rotatable bonds is 2. The molecule has 2 N–H and O–H groups in total. The van der Waals surface area contributed by atoms with Gasteiger partial charge in [0.2, 0.25) is 0 Å². The van der Waals surface area contributed by atoms with Crippen LogP contribution in [0.5, 0.6) is 5.75 Å². The molecular weight excluding hydrogens is 252 g/mol. The monoisotopic (exact) mass is 263 g/mol. The van der Waals surface area contributed by atoms with Gasteiger partial charge in [-0.2, -0.15) is 0 Å². The molecule has 0 aromatic heterocycles. The average molecular weight is 263 g/mol. The summed E-state index contributed by atoms with van der Waals surface area (Å²) >= 11 is 0. The van der Waals surface area contributed by atoms with E-state index in [0.717, 1.165) is 18.2 Å². The van der Waals surface area contributed by atoms with E-state index >= 15 is 0 Å². The smallest absolute Gasteiger partial charge is 0.259 e. The lowest BCUT2D eigenvalue weighted by Gasteiger charge is -2.09. The van der Waals surface area contributed by atoms with Crippen LogP contribution in [0.1, 0.15) is 15.9 Å². The molecule has 1 amide bonds. The van der Waals surface area contributed by atoms with Crippen molar-refractivity contribution in [3.63, 3.8) is 0 Å².